The number of carboxylic acids is 1. The van der Waals surface area contributed by atoms with Crippen LogP contribution in [-0.2, 0) is 12.8 Å². The molecule has 0 saturated heterocycles. The highest BCUT2D eigenvalue weighted by Crippen LogP contribution is 2.35. The van der Waals surface area contributed by atoms with Gasteiger partial charge in [0.25, 0.3) is 0 Å². The van der Waals surface area contributed by atoms with Crippen LogP contribution in [0.3, 0.4) is 0 Å². The summed E-state index contributed by atoms with van der Waals surface area (Å²) in [4.78, 5) is 12.0. The van der Waals surface area contributed by atoms with Crippen LogP contribution >= 0.6 is 11.3 Å². The molecule has 31 heavy (non-hydrogen) atoms. The van der Waals surface area contributed by atoms with Gasteiger partial charge in [-0.3, -0.25) is 0 Å². The zero-order valence-electron chi connectivity index (χ0n) is 18.0. The number of rotatable bonds is 8. The number of hydrogen-bond acceptors (Lipinski definition) is 4. The minimum absolute atomic E-state index is 0.0752. The lowest BCUT2D eigenvalue weighted by Crippen LogP contribution is -2.43. The smallest absolute Gasteiger partial charge is 0.335 e. The minimum Gasteiger partial charge on any atom is -0.478 e. The van der Waals surface area contributed by atoms with E-state index in [9.17, 15) is 9.90 Å². The molecular formula is C26H29NO3S. The van der Waals surface area contributed by atoms with Gasteiger partial charge in [-0.05, 0) is 84.9 Å². The van der Waals surface area contributed by atoms with E-state index in [1.807, 2.05) is 11.4 Å². The molecule has 1 aliphatic rings. The van der Waals surface area contributed by atoms with Gasteiger partial charge in [0.1, 0.15) is 6.10 Å². The summed E-state index contributed by atoms with van der Waals surface area (Å²) in [5.74, 6) is -0.309. The Morgan fingerprint density at radius 3 is 2.35 bits per heavy atom. The third kappa shape index (κ3) is 5.06. The Bertz CT molecular complexity index is 1030. The van der Waals surface area contributed by atoms with E-state index in [2.05, 4.69) is 43.4 Å². The standard InChI is InChI=1S/C26H29NO3S/c1-26(2,15-17-13-20-5-3-4-6-21(20)14-17)27-16-23(28)24-22(11-12-31-24)18-7-9-19(10-8-18)25(29)30/h3-12,17,23,27-28H,13-16H2,1-2H3,(H,29,30). The lowest BCUT2D eigenvalue weighted by molar-refractivity contribution is 0.0697. The predicted molar refractivity (Wildman–Crippen MR) is 126 cm³/mol. The van der Waals surface area contributed by atoms with Gasteiger partial charge in [-0.1, -0.05) is 36.4 Å². The number of fused-ring (bicyclic) bond motifs is 1. The van der Waals surface area contributed by atoms with Crippen LogP contribution in [-0.4, -0.2) is 28.3 Å². The molecule has 3 aromatic rings. The Morgan fingerprint density at radius 1 is 1.10 bits per heavy atom. The summed E-state index contributed by atoms with van der Waals surface area (Å²) >= 11 is 1.53. The highest BCUT2D eigenvalue weighted by atomic mass is 32.1. The monoisotopic (exact) mass is 435 g/mol. The Hall–Kier alpha value is -2.47. The van der Waals surface area contributed by atoms with Crippen molar-refractivity contribution in [2.75, 3.05) is 6.54 Å². The fourth-order valence-corrected chi connectivity index (χ4v) is 5.57. The zero-order chi connectivity index (χ0) is 22.0. The van der Waals surface area contributed by atoms with Gasteiger partial charge in [-0.25, -0.2) is 4.79 Å². The van der Waals surface area contributed by atoms with E-state index in [-0.39, 0.29) is 11.1 Å². The van der Waals surface area contributed by atoms with E-state index in [1.54, 1.807) is 24.3 Å². The van der Waals surface area contributed by atoms with Crippen LogP contribution in [0.15, 0.2) is 60.0 Å². The SMILES string of the molecule is CC(C)(CC1Cc2ccccc2C1)NCC(O)c1sccc1-c1ccc(C(=O)O)cc1. The summed E-state index contributed by atoms with van der Waals surface area (Å²) in [5, 5.41) is 25.6. The molecule has 0 radical (unpaired) electrons. The van der Waals surface area contributed by atoms with Crippen LogP contribution < -0.4 is 5.32 Å². The Morgan fingerprint density at radius 2 is 1.74 bits per heavy atom. The molecule has 0 amide bonds. The Kier molecular flexibility index (Phi) is 6.28. The normalized spacial score (nSPS) is 15.1. The van der Waals surface area contributed by atoms with E-state index in [0.717, 1.165) is 35.3 Å². The number of β-amino-alcohol motifs (C(OH)–C–C–N with tert-alkyl or cyclic N) is 1. The molecule has 0 bridgehead atoms. The first-order chi connectivity index (χ1) is 14.8. The van der Waals surface area contributed by atoms with E-state index in [4.69, 9.17) is 5.11 Å². The molecule has 2 aromatic carbocycles. The van der Waals surface area contributed by atoms with Crippen LogP contribution in [0.5, 0.6) is 0 Å². The van der Waals surface area contributed by atoms with Crippen LogP contribution in [0.25, 0.3) is 11.1 Å². The highest BCUT2D eigenvalue weighted by molar-refractivity contribution is 7.10. The van der Waals surface area contributed by atoms with Crippen LogP contribution in [0.4, 0.5) is 0 Å². The molecule has 0 saturated carbocycles. The summed E-state index contributed by atoms with van der Waals surface area (Å²) in [6.45, 7) is 4.90. The summed E-state index contributed by atoms with van der Waals surface area (Å²) < 4.78 is 0. The van der Waals surface area contributed by atoms with Crippen molar-refractivity contribution >= 4 is 17.3 Å². The van der Waals surface area contributed by atoms with Gasteiger partial charge in [0.2, 0.25) is 0 Å². The number of aliphatic hydroxyl groups excluding tert-OH is 1. The quantitative estimate of drug-likeness (QED) is 0.448. The second-order valence-corrected chi connectivity index (χ2v) is 10.1. The number of carbonyl (C=O) groups is 1. The van der Waals surface area contributed by atoms with Crippen LogP contribution in [0.2, 0.25) is 0 Å². The van der Waals surface area contributed by atoms with E-state index in [1.165, 1.54) is 22.5 Å². The lowest BCUT2D eigenvalue weighted by atomic mass is 9.88. The third-order valence-corrected chi connectivity index (χ3v) is 7.17. The summed E-state index contributed by atoms with van der Waals surface area (Å²) in [6, 6.07) is 17.5. The molecule has 5 heteroatoms. The maximum absolute atomic E-state index is 11.1. The molecule has 1 heterocycles. The van der Waals surface area contributed by atoms with Crippen molar-refractivity contribution < 1.29 is 15.0 Å². The summed E-state index contributed by atoms with van der Waals surface area (Å²) in [5.41, 5.74) is 5.01. The van der Waals surface area contributed by atoms with Gasteiger partial charge in [-0.2, -0.15) is 0 Å². The molecule has 1 atom stereocenters. The molecule has 3 N–H and O–H groups in total. The topological polar surface area (TPSA) is 69.6 Å². The second kappa shape index (κ2) is 8.95. The maximum Gasteiger partial charge on any atom is 0.335 e. The van der Waals surface area contributed by atoms with Crippen molar-refractivity contribution in [2.24, 2.45) is 5.92 Å². The number of benzene rings is 2. The number of thiophene rings is 1. The van der Waals surface area contributed by atoms with Crippen molar-refractivity contribution in [3.8, 4) is 11.1 Å². The molecule has 4 nitrogen and oxygen atoms in total. The first-order valence-electron chi connectivity index (χ1n) is 10.7. The fraction of sp³-hybridized carbons (Fsp3) is 0.346. The molecule has 0 spiro atoms. The average molecular weight is 436 g/mol. The van der Waals surface area contributed by atoms with Crippen molar-refractivity contribution in [1.82, 2.24) is 5.32 Å². The molecule has 1 unspecified atom stereocenters. The third-order valence-electron chi connectivity index (χ3n) is 6.15. The van der Waals surface area contributed by atoms with Gasteiger partial charge >= 0.3 is 5.97 Å². The minimum atomic E-state index is -0.936. The lowest BCUT2D eigenvalue weighted by Gasteiger charge is -2.30. The highest BCUT2D eigenvalue weighted by Gasteiger charge is 2.29. The van der Waals surface area contributed by atoms with Gasteiger partial charge in [-0.15, -0.1) is 11.3 Å². The predicted octanol–water partition coefficient (Wildman–Crippen LogP) is 5.32. The van der Waals surface area contributed by atoms with Crippen LogP contribution in [0, 0.1) is 5.92 Å². The van der Waals surface area contributed by atoms with Crippen LogP contribution in [0.1, 0.15) is 52.7 Å². The second-order valence-electron chi connectivity index (χ2n) is 9.11. The van der Waals surface area contributed by atoms with Gasteiger partial charge in [0.05, 0.1) is 5.56 Å². The number of hydrogen-bond donors (Lipinski definition) is 3. The van der Waals surface area contributed by atoms with Gasteiger partial charge < -0.3 is 15.5 Å². The number of aliphatic hydroxyl groups is 1. The van der Waals surface area contributed by atoms with E-state index in [0.29, 0.717) is 12.5 Å². The van der Waals surface area contributed by atoms with Gasteiger partial charge in [0.15, 0.2) is 0 Å². The molecule has 4 rings (SSSR count). The maximum atomic E-state index is 11.1. The largest absolute Gasteiger partial charge is 0.478 e. The molecule has 1 aromatic heterocycles. The number of nitrogens with one attached hydrogen (secondary N) is 1. The number of aromatic carboxylic acids is 1. The van der Waals surface area contributed by atoms with Gasteiger partial charge in [0, 0.05) is 17.0 Å². The summed E-state index contributed by atoms with van der Waals surface area (Å²) in [7, 11) is 0. The van der Waals surface area contributed by atoms with Crippen molar-refractivity contribution in [1.29, 1.82) is 0 Å². The van der Waals surface area contributed by atoms with Crippen molar-refractivity contribution in [2.45, 2.75) is 44.8 Å². The first-order valence-corrected chi connectivity index (χ1v) is 11.6. The molecule has 0 fully saturated rings. The van der Waals surface area contributed by atoms with Crippen molar-refractivity contribution in [3.05, 3.63) is 81.5 Å². The molecule has 0 aliphatic heterocycles. The average Bonchev–Trinajstić information content (AvgIpc) is 3.38. The first kappa shape index (κ1) is 21.8. The molecule has 1 aliphatic carbocycles. The Labute approximate surface area is 187 Å². The van der Waals surface area contributed by atoms with Crippen molar-refractivity contribution in [3.63, 3.8) is 0 Å². The van der Waals surface area contributed by atoms with E-state index < -0.39 is 12.1 Å². The fourth-order valence-electron chi connectivity index (χ4n) is 4.66. The summed E-state index contributed by atoms with van der Waals surface area (Å²) in [6.07, 6.45) is 2.70. The molecular weight excluding hydrogens is 406 g/mol. The van der Waals surface area contributed by atoms with E-state index >= 15 is 0 Å². The molecule has 162 valence electrons. The zero-order valence-corrected chi connectivity index (χ0v) is 18.8. The number of carboxylic acid groups (broad SMARTS) is 1. The Balaban J connectivity index is 1.37.